The van der Waals surface area contributed by atoms with E-state index in [1.54, 1.807) is 43.3 Å². The maximum atomic E-state index is 12.5. The Labute approximate surface area is 124 Å². The molecule has 0 saturated carbocycles. The molecule has 0 aliphatic carbocycles. The van der Waals surface area contributed by atoms with Gasteiger partial charge in [-0.15, -0.1) is 13.2 Å². The summed E-state index contributed by atoms with van der Waals surface area (Å²) >= 11 is 0. The van der Waals surface area contributed by atoms with Crippen LogP contribution in [0.5, 0.6) is 5.75 Å². The van der Waals surface area contributed by atoms with Crippen LogP contribution in [0, 0.1) is 29.6 Å². The van der Waals surface area contributed by atoms with Crippen molar-refractivity contribution in [1.29, 1.82) is 10.5 Å². The largest absolute Gasteiger partial charge is 0.573 e. The molecule has 0 aliphatic heterocycles. The Kier molecular flexibility index (Phi) is 4.05. The van der Waals surface area contributed by atoms with E-state index in [1.165, 1.54) is 0 Å². The third kappa shape index (κ3) is 3.02. The molecule has 0 unspecified atom stereocenters. The maximum absolute atomic E-state index is 12.5. The number of ether oxygens (including phenoxy) is 1. The fourth-order valence-corrected chi connectivity index (χ4v) is 2.15. The Morgan fingerprint density at radius 1 is 1.05 bits per heavy atom. The van der Waals surface area contributed by atoms with Crippen LogP contribution in [0.15, 0.2) is 36.4 Å². The molecule has 0 fully saturated rings. The average Bonchev–Trinajstić information content (AvgIpc) is 2.47. The summed E-state index contributed by atoms with van der Waals surface area (Å²) < 4.78 is 41.5. The lowest BCUT2D eigenvalue weighted by molar-refractivity contribution is -0.274. The molecular formula is C16H9F3N2O. The molecule has 6 heteroatoms. The second-order valence-corrected chi connectivity index (χ2v) is 4.43. The van der Waals surface area contributed by atoms with E-state index < -0.39 is 12.1 Å². The summed E-state index contributed by atoms with van der Waals surface area (Å²) in [6.45, 7) is 1.58. The first-order chi connectivity index (χ1) is 10.4. The van der Waals surface area contributed by atoms with Gasteiger partial charge in [0.1, 0.15) is 17.4 Å². The number of halogens is 3. The van der Waals surface area contributed by atoms with Crippen LogP contribution >= 0.6 is 0 Å². The van der Waals surface area contributed by atoms with Gasteiger partial charge < -0.3 is 4.74 Å². The molecule has 0 saturated heterocycles. The third-order valence-electron chi connectivity index (χ3n) is 3.07. The van der Waals surface area contributed by atoms with E-state index in [0.29, 0.717) is 11.1 Å². The summed E-state index contributed by atoms with van der Waals surface area (Å²) in [6, 6.07) is 12.9. The van der Waals surface area contributed by atoms with Crippen molar-refractivity contribution in [3.05, 3.63) is 53.1 Å². The van der Waals surface area contributed by atoms with Crippen molar-refractivity contribution in [1.82, 2.24) is 0 Å². The summed E-state index contributed by atoms with van der Waals surface area (Å²) in [6.07, 6.45) is -4.94. The summed E-state index contributed by atoms with van der Waals surface area (Å²) in [5.41, 5.74) is 1.01. The third-order valence-corrected chi connectivity index (χ3v) is 3.07. The molecule has 0 aromatic heterocycles. The number of hydrogen-bond donors (Lipinski definition) is 0. The molecular weight excluding hydrogens is 293 g/mol. The fraction of sp³-hybridized carbons (Fsp3) is 0.125. The predicted molar refractivity (Wildman–Crippen MR) is 72.7 cm³/mol. The molecule has 0 radical (unpaired) electrons. The summed E-state index contributed by atoms with van der Waals surface area (Å²) in [7, 11) is 0. The molecule has 110 valence electrons. The Bertz CT molecular complexity index is 784. The van der Waals surface area contributed by atoms with Crippen LogP contribution in [-0.2, 0) is 0 Å². The minimum absolute atomic E-state index is 0.0251. The fourth-order valence-electron chi connectivity index (χ4n) is 2.15. The lowest BCUT2D eigenvalue weighted by atomic mass is 9.91. The summed E-state index contributed by atoms with van der Waals surface area (Å²) in [5.74, 6) is -0.670. The number of alkyl halides is 3. The highest BCUT2D eigenvalue weighted by atomic mass is 19.4. The Balaban J connectivity index is 2.79. The zero-order valence-electron chi connectivity index (χ0n) is 11.4. The van der Waals surface area contributed by atoms with Crippen LogP contribution in [0.25, 0.3) is 11.1 Å². The molecule has 0 N–H and O–H groups in total. The van der Waals surface area contributed by atoms with Crippen molar-refractivity contribution < 1.29 is 17.9 Å². The smallest absolute Gasteiger partial charge is 0.404 e. The first kappa shape index (κ1) is 15.4. The number of rotatable bonds is 2. The Morgan fingerprint density at radius 2 is 1.68 bits per heavy atom. The van der Waals surface area contributed by atoms with Crippen molar-refractivity contribution in [3.8, 4) is 29.0 Å². The molecule has 0 heterocycles. The van der Waals surface area contributed by atoms with Gasteiger partial charge in [0, 0.05) is 5.56 Å². The van der Waals surface area contributed by atoms with Gasteiger partial charge in [-0.25, -0.2) is 0 Å². The highest BCUT2D eigenvalue weighted by molar-refractivity contribution is 5.79. The van der Waals surface area contributed by atoms with E-state index in [0.717, 1.165) is 6.07 Å². The average molecular weight is 302 g/mol. The van der Waals surface area contributed by atoms with Gasteiger partial charge in [0.15, 0.2) is 0 Å². The standard InChI is InChI=1S/C16H9F3N2O/c1-10-12(8-20)7-14(22-16(17,18)19)13(9-21)15(10)11-5-3-2-4-6-11/h2-7H,1H3. The number of nitrogens with zero attached hydrogens (tertiary/aromatic N) is 2. The SMILES string of the molecule is Cc1c(C#N)cc(OC(F)(F)F)c(C#N)c1-c1ccccc1. The van der Waals surface area contributed by atoms with Crippen LogP contribution in [0.2, 0.25) is 0 Å². The van der Waals surface area contributed by atoms with Gasteiger partial charge in [0.25, 0.3) is 0 Å². The van der Waals surface area contributed by atoms with Crippen LogP contribution in [-0.4, -0.2) is 6.36 Å². The molecule has 2 rings (SSSR count). The van der Waals surface area contributed by atoms with E-state index in [-0.39, 0.29) is 16.7 Å². The highest BCUT2D eigenvalue weighted by Gasteiger charge is 2.33. The predicted octanol–water partition coefficient (Wildman–Crippen LogP) is 4.30. The zero-order chi connectivity index (χ0) is 16.3. The molecule has 2 aromatic carbocycles. The van der Waals surface area contributed by atoms with Crippen LogP contribution in [0.1, 0.15) is 16.7 Å². The normalized spacial score (nSPS) is 10.6. The highest BCUT2D eigenvalue weighted by Crippen LogP contribution is 2.37. The van der Waals surface area contributed by atoms with Crippen LogP contribution in [0.3, 0.4) is 0 Å². The van der Waals surface area contributed by atoms with Gasteiger partial charge in [-0.2, -0.15) is 10.5 Å². The van der Waals surface area contributed by atoms with E-state index >= 15 is 0 Å². The van der Waals surface area contributed by atoms with Crippen LogP contribution < -0.4 is 4.74 Å². The minimum Gasteiger partial charge on any atom is -0.404 e. The quantitative estimate of drug-likeness (QED) is 0.830. The topological polar surface area (TPSA) is 56.8 Å². The Hall–Kier alpha value is -2.99. The second-order valence-electron chi connectivity index (χ2n) is 4.43. The molecule has 0 amide bonds. The zero-order valence-corrected chi connectivity index (χ0v) is 11.4. The van der Waals surface area contributed by atoms with Gasteiger partial charge in [-0.1, -0.05) is 30.3 Å². The van der Waals surface area contributed by atoms with Crippen molar-refractivity contribution in [2.24, 2.45) is 0 Å². The molecule has 2 aromatic rings. The molecule has 0 spiro atoms. The molecule has 3 nitrogen and oxygen atoms in total. The number of nitriles is 2. The van der Waals surface area contributed by atoms with E-state index in [4.69, 9.17) is 5.26 Å². The minimum atomic E-state index is -4.94. The van der Waals surface area contributed by atoms with Gasteiger partial charge in [0.05, 0.1) is 11.6 Å². The van der Waals surface area contributed by atoms with Crippen LogP contribution in [0.4, 0.5) is 13.2 Å². The second kappa shape index (κ2) is 5.79. The van der Waals surface area contributed by atoms with Gasteiger partial charge in [-0.3, -0.25) is 0 Å². The number of hydrogen-bond acceptors (Lipinski definition) is 3. The lowest BCUT2D eigenvalue weighted by Gasteiger charge is -2.16. The Morgan fingerprint density at radius 3 is 2.18 bits per heavy atom. The van der Waals surface area contributed by atoms with Gasteiger partial charge >= 0.3 is 6.36 Å². The molecule has 0 bridgehead atoms. The summed E-state index contributed by atoms with van der Waals surface area (Å²) in [5, 5.41) is 18.4. The van der Waals surface area contributed by atoms with Gasteiger partial charge in [-0.05, 0) is 24.1 Å². The van der Waals surface area contributed by atoms with Crippen molar-refractivity contribution in [3.63, 3.8) is 0 Å². The molecule has 22 heavy (non-hydrogen) atoms. The van der Waals surface area contributed by atoms with E-state index in [2.05, 4.69) is 4.74 Å². The molecule has 0 aliphatic rings. The van der Waals surface area contributed by atoms with Crippen molar-refractivity contribution >= 4 is 0 Å². The first-order valence-electron chi connectivity index (χ1n) is 6.16. The maximum Gasteiger partial charge on any atom is 0.573 e. The van der Waals surface area contributed by atoms with Gasteiger partial charge in [0.2, 0.25) is 0 Å². The van der Waals surface area contributed by atoms with E-state index in [1.807, 2.05) is 6.07 Å². The summed E-state index contributed by atoms with van der Waals surface area (Å²) in [4.78, 5) is 0. The monoisotopic (exact) mass is 302 g/mol. The molecule has 0 atom stereocenters. The van der Waals surface area contributed by atoms with E-state index in [9.17, 15) is 18.4 Å². The van der Waals surface area contributed by atoms with Crippen molar-refractivity contribution in [2.75, 3.05) is 0 Å². The first-order valence-corrected chi connectivity index (χ1v) is 6.16. The number of benzene rings is 2. The lowest BCUT2D eigenvalue weighted by Crippen LogP contribution is -2.18. The van der Waals surface area contributed by atoms with Crippen molar-refractivity contribution in [2.45, 2.75) is 13.3 Å².